The predicted molar refractivity (Wildman–Crippen MR) is 113 cm³/mol. The summed E-state index contributed by atoms with van der Waals surface area (Å²) in [4.78, 5) is 2.45. The molecule has 2 aromatic rings. The summed E-state index contributed by atoms with van der Waals surface area (Å²) in [5, 5.41) is 4.59. The van der Waals surface area contributed by atoms with Crippen LogP contribution in [0.15, 0.2) is 54.6 Å². The number of rotatable bonds is 7. The van der Waals surface area contributed by atoms with Gasteiger partial charge in [0.1, 0.15) is 0 Å². The van der Waals surface area contributed by atoms with Crippen molar-refractivity contribution in [2.75, 3.05) is 52.5 Å². The van der Waals surface area contributed by atoms with Gasteiger partial charge in [-0.3, -0.25) is 4.90 Å². The molecule has 0 unspecified atom stereocenters. The predicted octanol–water partition coefficient (Wildman–Crippen LogP) is 3.38. The molecule has 0 spiro atoms. The van der Waals surface area contributed by atoms with Crippen LogP contribution in [-0.2, 0) is 15.9 Å². The second-order valence-electron chi connectivity index (χ2n) is 7.86. The normalized spacial score (nSPS) is 20.1. The third kappa shape index (κ3) is 5.00. The molecule has 0 aromatic heterocycles. The zero-order chi connectivity index (χ0) is 19.1. The molecule has 0 saturated carbocycles. The van der Waals surface area contributed by atoms with Crippen molar-refractivity contribution in [3.05, 3.63) is 60.2 Å². The van der Waals surface area contributed by atoms with Gasteiger partial charge in [-0.15, -0.1) is 0 Å². The number of ether oxygens (including phenoxy) is 2. The second-order valence-corrected chi connectivity index (χ2v) is 7.86. The summed E-state index contributed by atoms with van der Waals surface area (Å²) < 4.78 is 12.1. The van der Waals surface area contributed by atoms with E-state index in [9.17, 15) is 0 Å². The first-order chi connectivity index (χ1) is 13.8. The lowest BCUT2D eigenvalue weighted by Crippen LogP contribution is -2.46. The Labute approximate surface area is 168 Å². The van der Waals surface area contributed by atoms with Gasteiger partial charge in [0.2, 0.25) is 0 Å². The first kappa shape index (κ1) is 19.6. The van der Waals surface area contributed by atoms with Gasteiger partial charge in [-0.2, -0.15) is 0 Å². The third-order valence-corrected chi connectivity index (χ3v) is 5.99. The van der Waals surface area contributed by atoms with Crippen LogP contribution in [0.4, 0.5) is 0 Å². The highest BCUT2D eigenvalue weighted by atomic mass is 16.5. The van der Waals surface area contributed by atoms with E-state index in [0.29, 0.717) is 0 Å². The Morgan fingerprint density at radius 2 is 1.64 bits per heavy atom. The van der Waals surface area contributed by atoms with Gasteiger partial charge in [-0.25, -0.2) is 5.32 Å². The van der Waals surface area contributed by atoms with E-state index in [1.165, 1.54) is 16.7 Å². The first-order valence-corrected chi connectivity index (χ1v) is 10.6. The number of nitrogens with zero attached hydrogens (tertiary/aromatic N) is 2. The molecule has 4 nitrogen and oxygen atoms in total. The fourth-order valence-electron chi connectivity index (χ4n) is 4.31. The average molecular weight is 380 g/mol. The topological polar surface area (TPSA) is 35.8 Å². The van der Waals surface area contributed by atoms with E-state index in [1.807, 2.05) is 0 Å². The molecule has 2 aliphatic rings. The molecule has 2 saturated heterocycles. The quantitative estimate of drug-likeness (QED) is 0.740. The van der Waals surface area contributed by atoms with Crippen molar-refractivity contribution in [1.29, 1.82) is 0 Å². The molecule has 0 N–H and O–H groups in total. The lowest BCUT2D eigenvalue weighted by Gasteiger charge is -2.38. The summed E-state index contributed by atoms with van der Waals surface area (Å²) in [5.74, 6) is 0. The number of benzene rings is 2. The van der Waals surface area contributed by atoms with Gasteiger partial charge in [0.25, 0.3) is 0 Å². The van der Waals surface area contributed by atoms with E-state index in [1.54, 1.807) is 0 Å². The molecule has 28 heavy (non-hydrogen) atoms. The highest BCUT2D eigenvalue weighted by molar-refractivity contribution is 5.67. The van der Waals surface area contributed by atoms with Crippen molar-refractivity contribution in [1.82, 2.24) is 10.2 Å². The SMILES string of the molecule is c1ccc(-c2ccccc2CC2(OCCN3CCOCC3)CC[N]CC2)cc1. The van der Waals surface area contributed by atoms with Crippen molar-refractivity contribution in [3.8, 4) is 11.1 Å². The van der Waals surface area contributed by atoms with Crippen molar-refractivity contribution >= 4 is 0 Å². The van der Waals surface area contributed by atoms with E-state index in [-0.39, 0.29) is 5.60 Å². The average Bonchev–Trinajstić information content (AvgIpc) is 2.76. The fourth-order valence-corrected chi connectivity index (χ4v) is 4.31. The van der Waals surface area contributed by atoms with E-state index in [0.717, 1.165) is 71.8 Å². The van der Waals surface area contributed by atoms with E-state index >= 15 is 0 Å². The van der Waals surface area contributed by atoms with Gasteiger partial charge in [-0.1, -0.05) is 54.6 Å². The van der Waals surface area contributed by atoms with Crippen LogP contribution in [0.5, 0.6) is 0 Å². The molecule has 1 radical (unpaired) electrons. The molecule has 0 aliphatic carbocycles. The van der Waals surface area contributed by atoms with Gasteiger partial charge < -0.3 is 9.47 Å². The number of piperidine rings is 1. The lowest BCUT2D eigenvalue weighted by molar-refractivity contribution is -0.0767. The fraction of sp³-hybridized carbons (Fsp3) is 0.500. The molecule has 2 aliphatic heterocycles. The molecule has 2 fully saturated rings. The maximum absolute atomic E-state index is 6.63. The third-order valence-electron chi connectivity index (χ3n) is 5.99. The van der Waals surface area contributed by atoms with E-state index in [2.05, 4.69) is 64.8 Å². The van der Waals surface area contributed by atoms with Gasteiger partial charge in [0.15, 0.2) is 0 Å². The first-order valence-electron chi connectivity index (χ1n) is 10.6. The Morgan fingerprint density at radius 3 is 2.43 bits per heavy atom. The Bertz CT molecular complexity index is 722. The van der Waals surface area contributed by atoms with Crippen LogP contribution in [-0.4, -0.2) is 63.0 Å². The van der Waals surface area contributed by atoms with Crippen molar-refractivity contribution in [2.45, 2.75) is 24.9 Å². The molecule has 2 heterocycles. The minimum Gasteiger partial charge on any atom is -0.379 e. The molecular formula is C24H31N2O2. The Hall–Kier alpha value is -1.72. The molecule has 2 aromatic carbocycles. The van der Waals surface area contributed by atoms with Crippen LogP contribution < -0.4 is 5.32 Å². The summed E-state index contributed by atoms with van der Waals surface area (Å²) in [6.45, 7) is 7.31. The zero-order valence-electron chi connectivity index (χ0n) is 16.7. The monoisotopic (exact) mass is 379 g/mol. The molecular weight excluding hydrogens is 348 g/mol. The highest BCUT2D eigenvalue weighted by Crippen LogP contribution is 2.33. The lowest BCUT2D eigenvalue weighted by atomic mass is 9.83. The van der Waals surface area contributed by atoms with Crippen LogP contribution >= 0.6 is 0 Å². The zero-order valence-corrected chi connectivity index (χ0v) is 16.7. The molecule has 4 heteroatoms. The summed E-state index contributed by atoms with van der Waals surface area (Å²) in [6, 6.07) is 19.5. The molecule has 4 rings (SSSR count). The summed E-state index contributed by atoms with van der Waals surface area (Å²) >= 11 is 0. The van der Waals surface area contributed by atoms with E-state index in [4.69, 9.17) is 9.47 Å². The Kier molecular flexibility index (Phi) is 6.76. The van der Waals surface area contributed by atoms with Gasteiger partial charge >= 0.3 is 0 Å². The van der Waals surface area contributed by atoms with Crippen LogP contribution in [0.25, 0.3) is 11.1 Å². The standard InChI is InChI=1S/C24H31N2O2/c1-2-6-21(7-3-1)23-9-5-4-8-22(23)20-24(10-12-25-13-11-24)28-19-16-26-14-17-27-18-15-26/h1-9H,10-20H2. The summed E-state index contributed by atoms with van der Waals surface area (Å²) in [7, 11) is 0. The number of hydrogen-bond donors (Lipinski definition) is 0. The van der Waals surface area contributed by atoms with Gasteiger partial charge in [-0.05, 0) is 29.5 Å². The largest absolute Gasteiger partial charge is 0.379 e. The number of morpholine rings is 1. The molecule has 0 bridgehead atoms. The van der Waals surface area contributed by atoms with Crippen molar-refractivity contribution < 1.29 is 9.47 Å². The van der Waals surface area contributed by atoms with Crippen molar-refractivity contribution in [3.63, 3.8) is 0 Å². The number of hydrogen-bond acceptors (Lipinski definition) is 3. The molecule has 149 valence electrons. The van der Waals surface area contributed by atoms with Crippen LogP contribution in [0.2, 0.25) is 0 Å². The smallest absolute Gasteiger partial charge is 0.0749 e. The Balaban J connectivity index is 1.47. The second kappa shape index (κ2) is 9.66. The maximum Gasteiger partial charge on any atom is 0.0749 e. The summed E-state index contributed by atoms with van der Waals surface area (Å²) in [6.07, 6.45) is 2.98. The maximum atomic E-state index is 6.63. The molecule has 0 amide bonds. The van der Waals surface area contributed by atoms with Crippen LogP contribution in [0, 0.1) is 0 Å². The van der Waals surface area contributed by atoms with Gasteiger partial charge in [0.05, 0.1) is 25.4 Å². The Morgan fingerprint density at radius 1 is 0.929 bits per heavy atom. The van der Waals surface area contributed by atoms with E-state index < -0.39 is 0 Å². The minimum atomic E-state index is -0.0983. The van der Waals surface area contributed by atoms with Gasteiger partial charge in [0, 0.05) is 39.1 Å². The van der Waals surface area contributed by atoms with Crippen LogP contribution in [0.1, 0.15) is 18.4 Å². The summed E-state index contributed by atoms with van der Waals surface area (Å²) in [5.41, 5.74) is 3.88. The minimum absolute atomic E-state index is 0.0983. The van der Waals surface area contributed by atoms with Crippen molar-refractivity contribution in [2.24, 2.45) is 0 Å². The molecule has 0 atom stereocenters. The van der Waals surface area contributed by atoms with Crippen LogP contribution in [0.3, 0.4) is 0 Å². The highest BCUT2D eigenvalue weighted by Gasteiger charge is 2.34.